The van der Waals surface area contributed by atoms with Crippen molar-refractivity contribution >= 4 is 50.3 Å². The van der Waals surface area contributed by atoms with Crippen molar-refractivity contribution in [2.45, 2.75) is 47.1 Å². The quantitative estimate of drug-likeness (QED) is 0.263. The van der Waals surface area contributed by atoms with Gasteiger partial charge in [-0.15, -0.1) is 0 Å². The van der Waals surface area contributed by atoms with Crippen LogP contribution in [0, 0.1) is 6.92 Å². The van der Waals surface area contributed by atoms with E-state index in [4.69, 9.17) is 29.0 Å². The third-order valence-corrected chi connectivity index (χ3v) is 5.45. The van der Waals surface area contributed by atoms with Crippen molar-refractivity contribution < 1.29 is 21.6 Å². The first-order valence-corrected chi connectivity index (χ1v) is 11.8. The van der Waals surface area contributed by atoms with Crippen LogP contribution in [0.25, 0.3) is 0 Å². The van der Waals surface area contributed by atoms with Gasteiger partial charge in [0.25, 0.3) is 0 Å². The molecule has 0 heterocycles. The highest BCUT2D eigenvalue weighted by molar-refractivity contribution is 7.93. The standard InChI is InChI=1S/C16H15Cl2F3N4O2S.2C2H6/c1-9-3-6-15(25(22)28(26,27)16(19,20)21)12(7-9)10(2)23-24-14-5-4-11(17)8-13(14)18;2*1-2/h3-8,24H,22H2,1-2H3;2*1-2H3/b23-10+;;. The smallest absolute Gasteiger partial charge is 0.277 e. The summed E-state index contributed by atoms with van der Waals surface area (Å²) in [5.74, 6) is 5.31. The van der Waals surface area contributed by atoms with Crippen LogP contribution in [0.1, 0.15) is 45.7 Å². The number of sulfonamides is 1. The predicted molar refractivity (Wildman–Crippen MR) is 128 cm³/mol. The minimum absolute atomic E-state index is 0.0907. The number of nitrogens with two attached hydrogens (primary N) is 1. The number of nitrogens with one attached hydrogen (secondary N) is 1. The Balaban J connectivity index is 0.00000227. The SMILES string of the molecule is C/C(=N\Nc1ccc(Cl)cc1Cl)c1cc(C)ccc1N(N)S(=O)(=O)C(F)(F)F.CC.CC. The number of benzene rings is 2. The lowest BCUT2D eigenvalue weighted by atomic mass is 10.1. The molecular formula is C20H27Cl2F3N4O2S. The van der Waals surface area contributed by atoms with Crippen molar-refractivity contribution in [3.05, 3.63) is 57.6 Å². The van der Waals surface area contributed by atoms with E-state index < -0.39 is 15.5 Å². The maximum atomic E-state index is 12.9. The Bertz CT molecular complexity index is 1030. The number of anilines is 2. The van der Waals surface area contributed by atoms with Crippen LogP contribution in [0.2, 0.25) is 10.0 Å². The molecule has 2 rings (SSSR count). The Morgan fingerprint density at radius 3 is 2.12 bits per heavy atom. The van der Waals surface area contributed by atoms with Gasteiger partial charge in [-0.25, -0.2) is 5.84 Å². The van der Waals surface area contributed by atoms with E-state index in [1.807, 2.05) is 27.7 Å². The van der Waals surface area contributed by atoms with Crippen LogP contribution in [-0.2, 0) is 10.0 Å². The summed E-state index contributed by atoms with van der Waals surface area (Å²) in [4.78, 5) is 0. The summed E-state index contributed by atoms with van der Waals surface area (Å²) in [7, 11) is -5.78. The summed E-state index contributed by atoms with van der Waals surface area (Å²) in [6.07, 6.45) is 0. The molecule has 0 unspecified atom stereocenters. The molecule has 0 aliphatic rings. The first-order valence-electron chi connectivity index (χ1n) is 9.57. The molecule has 12 heteroatoms. The second kappa shape index (κ2) is 12.9. The van der Waals surface area contributed by atoms with Crippen LogP contribution in [0.3, 0.4) is 0 Å². The molecule has 0 amide bonds. The number of aryl methyl sites for hydroxylation is 1. The van der Waals surface area contributed by atoms with Crippen molar-refractivity contribution in [1.82, 2.24) is 0 Å². The number of halogens is 5. The van der Waals surface area contributed by atoms with Crippen molar-refractivity contribution in [3.8, 4) is 0 Å². The first kappa shape index (κ1) is 30.0. The van der Waals surface area contributed by atoms with Gasteiger partial charge < -0.3 is 0 Å². The van der Waals surface area contributed by atoms with E-state index in [0.29, 0.717) is 16.3 Å². The number of alkyl halides is 3. The number of hydrogen-bond acceptors (Lipinski definition) is 5. The number of hydrazone groups is 1. The van der Waals surface area contributed by atoms with E-state index in [0.717, 1.165) is 0 Å². The predicted octanol–water partition coefficient (Wildman–Crippen LogP) is 6.72. The topological polar surface area (TPSA) is 87.8 Å². The van der Waals surface area contributed by atoms with Crippen LogP contribution in [0.15, 0.2) is 41.5 Å². The fourth-order valence-electron chi connectivity index (χ4n) is 2.16. The third-order valence-electron chi connectivity index (χ3n) is 3.61. The van der Waals surface area contributed by atoms with E-state index in [9.17, 15) is 21.6 Å². The van der Waals surface area contributed by atoms with Gasteiger partial charge in [0.1, 0.15) is 0 Å². The summed E-state index contributed by atoms with van der Waals surface area (Å²) >= 11 is 11.8. The maximum Gasteiger partial charge on any atom is 0.518 e. The minimum atomic E-state index is -5.78. The number of hydrazine groups is 1. The fraction of sp³-hybridized carbons (Fsp3) is 0.350. The minimum Gasteiger partial charge on any atom is -0.277 e. The lowest BCUT2D eigenvalue weighted by molar-refractivity contribution is -0.0438. The Morgan fingerprint density at radius 2 is 1.62 bits per heavy atom. The number of hydrogen-bond donors (Lipinski definition) is 2. The molecule has 2 aromatic rings. The molecule has 2 aromatic carbocycles. The lowest BCUT2D eigenvalue weighted by Gasteiger charge is -2.23. The maximum absolute atomic E-state index is 12.9. The number of rotatable bonds is 5. The highest BCUT2D eigenvalue weighted by Gasteiger charge is 2.50. The molecule has 0 spiro atoms. The van der Waals surface area contributed by atoms with E-state index in [-0.39, 0.29) is 26.4 Å². The van der Waals surface area contributed by atoms with Crippen molar-refractivity contribution in [1.29, 1.82) is 0 Å². The fourth-order valence-corrected chi connectivity index (χ4v) is 3.25. The average molecular weight is 515 g/mol. The zero-order chi connectivity index (χ0) is 25.3. The summed E-state index contributed by atoms with van der Waals surface area (Å²) in [5.41, 5.74) is -1.95. The van der Waals surface area contributed by atoms with Gasteiger partial charge in [0.2, 0.25) is 0 Å². The zero-order valence-electron chi connectivity index (χ0n) is 18.6. The number of nitrogens with zero attached hydrogens (tertiary/aromatic N) is 2. The van der Waals surface area contributed by atoms with Crippen LogP contribution in [0.5, 0.6) is 0 Å². The first-order chi connectivity index (χ1) is 14.8. The van der Waals surface area contributed by atoms with E-state index >= 15 is 0 Å². The van der Waals surface area contributed by atoms with Crippen LogP contribution in [-0.4, -0.2) is 19.6 Å². The van der Waals surface area contributed by atoms with E-state index in [1.54, 1.807) is 19.1 Å². The van der Waals surface area contributed by atoms with Gasteiger partial charge in [0, 0.05) is 10.6 Å². The highest BCUT2D eigenvalue weighted by atomic mass is 35.5. The Labute approximate surface area is 197 Å². The van der Waals surface area contributed by atoms with Crippen molar-refractivity contribution in [3.63, 3.8) is 0 Å². The molecule has 0 saturated heterocycles. The Morgan fingerprint density at radius 1 is 1.06 bits per heavy atom. The van der Waals surface area contributed by atoms with Crippen LogP contribution < -0.4 is 15.7 Å². The monoisotopic (exact) mass is 514 g/mol. The molecule has 0 atom stereocenters. The van der Waals surface area contributed by atoms with Gasteiger partial charge in [-0.05, 0) is 44.2 Å². The Hall–Kier alpha value is -2.01. The van der Waals surface area contributed by atoms with Crippen LogP contribution in [0.4, 0.5) is 24.5 Å². The average Bonchev–Trinajstić information content (AvgIpc) is 2.74. The zero-order valence-corrected chi connectivity index (χ0v) is 20.9. The summed E-state index contributed by atoms with van der Waals surface area (Å²) in [5, 5.41) is 4.75. The van der Waals surface area contributed by atoms with Crippen LogP contribution >= 0.6 is 23.2 Å². The Kier molecular flexibility index (Phi) is 12.1. The molecule has 0 aliphatic carbocycles. The molecule has 0 aliphatic heterocycles. The molecule has 0 saturated carbocycles. The molecule has 180 valence electrons. The molecular weight excluding hydrogens is 488 g/mol. The molecule has 0 aromatic heterocycles. The third kappa shape index (κ3) is 7.54. The van der Waals surface area contributed by atoms with Crippen molar-refractivity contribution in [2.75, 3.05) is 9.84 Å². The molecule has 6 nitrogen and oxygen atoms in total. The van der Waals surface area contributed by atoms with Gasteiger partial charge in [0.15, 0.2) is 0 Å². The summed E-state index contributed by atoms with van der Waals surface area (Å²) in [6.45, 7) is 11.2. The second-order valence-electron chi connectivity index (χ2n) is 5.70. The van der Waals surface area contributed by atoms with Gasteiger partial charge in [-0.3, -0.25) is 5.43 Å². The van der Waals surface area contributed by atoms with E-state index in [2.05, 4.69) is 10.5 Å². The summed E-state index contributed by atoms with van der Waals surface area (Å²) in [6, 6.07) is 8.67. The van der Waals surface area contributed by atoms with Gasteiger partial charge in [0.05, 0.1) is 22.1 Å². The van der Waals surface area contributed by atoms with Gasteiger partial charge in [-0.2, -0.15) is 31.1 Å². The molecule has 3 N–H and O–H groups in total. The van der Waals surface area contributed by atoms with Gasteiger partial charge >= 0.3 is 15.5 Å². The lowest BCUT2D eigenvalue weighted by Crippen LogP contribution is -2.46. The molecule has 0 fully saturated rings. The molecule has 0 bridgehead atoms. The molecule has 0 radical (unpaired) electrons. The second-order valence-corrected chi connectivity index (χ2v) is 8.35. The van der Waals surface area contributed by atoms with Crippen molar-refractivity contribution in [2.24, 2.45) is 10.9 Å². The normalized spacial score (nSPS) is 11.6. The highest BCUT2D eigenvalue weighted by Crippen LogP contribution is 2.31. The largest absolute Gasteiger partial charge is 0.518 e. The molecule has 32 heavy (non-hydrogen) atoms. The van der Waals surface area contributed by atoms with E-state index in [1.165, 1.54) is 31.2 Å². The van der Waals surface area contributed by atoms with Gasteiger partial charge in [-0.1, -0.05) is 62.5 Å². The summed E-state index contributed by atoms with van der Waals surface area (Å²) < 4.78 is 61.6.